The second-order valence-corrected chi connectivity index (χ2v) is 7.19. The summed E-state index contributed by atoms with van der Waals surface area (Å²) in [6.45, 7) is 1.93. The number of benzene rings is 2. The van der Waals surface area contributed by atoms with Gasteiger partial charge in [-0.25, -0.2) is 0 Å². The van der Waals surface area contributed by atoms with Crippen LogP contribution in [0.3, 0.4) is 0 Å². The lowest BCUT2D eigenvalue weighted by Crippen LogP contribution is -2.15. The Morgan fingerprint density at radius 2 is 1.84 bits per heavy atom. The number of hydrogen-bond donors (Lipinski definition) is 2. The molecule has 0 saturated carbocycles. The number of rotatable bonds is 5. The van der Waals surface area contributed by atoms with Gasteiger partial charge in [0.1, 0.15) is 13.2 Å². The summed E-state index contributed by atoms with van der Waals surface area (Å²) in [6, 6.07) is 12.5. The van der Waals surface area contributed by atoms with Crippen LogP contribution in [0.2, 0.25) is 0 Å². The Morgan fingerprint density at radius 1 is 1.00 bits per heavy atom. The molecule has 0 bridgehead atoms. The standard InChI is InChI=1S/C20H21BrN2O2/c21-14-5-6-17-16(12-14)15(3-1-2-8-22)20(23-17)13-4-7-18-19(11-13)25-10-9-24-18/h4-7,11-12,23H,1-3,8-10,22H2. The SMILES string of the molecule is NCCCCc1c(-c2ccc3c(c2)OCCO3)[nH]c2ccc(Br)cc12. The highest BCUT2D eigenvalue weighted by molar-refractivity contribution is 9.10. The zero-order valence-corrected chi connectivity index (χ0v) is 15.6. The molecule has 0 saturated heterocycles. The molecule has 0 radical (unpaired) electrons. The molecule has 0 amide bonds. The maximum Gasteiger partial charge on any atom is 0.162 e. The minimum atomic E-state index is 0.597. The molecular formula is C20H21BrN2O2. The molecule has 0 aliphatic carbocycles. The number of unbranched alkanes of at least 4 members (excludes halogenated alkanes) is 1. The normalized spacial score (nSPS) is 13.4. The topological polar surface area (TPSA) is 60.3 Å². The molecular weight excluding hydrogens is 380 g/mol. The van der Waals surface area contributed by atoms with Gasteiger partial charge in [0.25, 0.3) is 0 Å². The minimum absolute atomic E-state index is 0.597. The molecule has 130 valence electrons. The number of aromatic amines is 1. The lowest BCUT2D eigenvalue weighted by Gasteiger charge is -2.19. The fourth-order valence-corrected chi connectivity index (χ4v) is 3.73. The van der Waals surface area contributed by atoms with Crippen molar-refractivity contribution >= 4 is 26.8 Å². The first kappa shape index (κ1) is 16.5. The Bertz CT molecular complexity index is 904. The highest BCUT2D eigenvalue weighted by Crippen LogP contribution is 2.38. The van der Waals surface area contributed by atoms with Crippen molar-refractivity contribution in [2.24, 2.45) is 5.73 Å². The van der Waals surface area contributed by atoms with Gasteiger partial charge in [0.2, 0.25) is 0 Å². The third-order valence-electron chi connectivity index (χ3n) is 4.58. The van der Waals surface area contributed by atoms with E-state index in [1.807, 2.05) is 6.07 Å². The molecule has 3 N–H and O–H groups in total. The van der Waals surface area contributed by atoms with Gasteiger partial charge in [-0.05, 0) is 67.8 Å². The van der Waals surface area contributed by atoms with E-state index in [0.717, 1.165) is 58.6 Å². The van der Waals surface area contributed by atoms with Crippen LogP contribution in [0.15, 0.2) is 40.9 Å². The van der Waals surface area contributed by atoms with Crippen molar-refractivity contribution in [3.63, 3.8) is 0 Å². The predicted molar refractivity (Wildman–Crippen MR) is 104 cm³/mol. The highest BCUT2D eigenvalue weighted by Gasteiger charge is 2.17. The first-order chi connectivity index (χ1) is 12.3. The van der Waals surface area contributed by atoms with E-state index in [1.165, 1.54) is 10.9 Å². The highest BCUT2D eigenvalue weighted by atomic mass is 79.9. The van der Waals surface area contributed by atoms with E-state index in [4.69, 9.17) is 15.2 Å². The molecule has 1 aromatic heterocycles. The van der Waals surface area contributed by atoms with Gasteiger partial charge >= 0.3 is 0 Å². The van der Waals surface area contributed by atoms with Crippen molar-refractivity contribution in [2.75, 3.05) is 19.8 Å². The van der Waals surface area contributed by atoms with E-state index in [0.29, 0.717) is 13.2 Å². The van der Waals surface area contributed by atoms with Crippen LogP contribution in [-0.2, 0) is 6.42 Å². The van der Waals surface area contributed by atoms with Crippen molar-refractivity contribution in [3.05, 3.63) is 46.4 Å². The lowest BCUT2D eigenvalue weighted by atomic mass is 10.00. The molecule has 2 aromatic carbocycles. The molecule has 4 nitrogen and oxygen atoms in total. The van der Waals surface area contributed by atoms with E-state index in [9.17, 15) is 0 Å². The quantitative estimate of drug-likeness (QED) is 0.612. The maximum atomic E-state index is 5.75. The Kier molecular flexibility index (Phi) is 4.68. The summed E-state index contributed by atoms with van der Waals surface area (Å²) in [5.41, 5.74) is 10.4. The van der Waals surface area contributed by atoms with Crippen molar-refractivity contribution in [1.82, 2.24) is 4.98 Å². The molecule has 4 rings (SSSR count). The lowest BCUT2D eigenvalue weighted by molar-refractivity contribution is 0.171. The van der Waals surface area contributed by atoms with Crippen LogP contribution < -0.4 is 15.2 Å². The van der Waals surface area contributed by atoms with Crippen LogP contribution >= 0.6 is 15.9 Å². The van der Waals surface area contributed by atoms with Gasteiger partial charge in [-0.1, -0.05) is 15.9 Å². The number of aromatic nitrogens is 1. The zero-order valence-electron chi connectivity index (χ0n) is 14.0. The van der Waals surface area contributed by atoms with Crippen molar-refractivity contribution in [1.29, 1.82) is 0 Å². The Morgan fingerprint density at radius 3 is 2.68 bits per heavy atom. The summed E-state index contributed by atoms with van der Waals surface area (Å²) in [5, 5.41) is 1.26. The summed E-state index contributed by atoms with van der Waals surface area (Å²) >= 11 is 3.59. The van der Waals surface area contributed by atoms with Gasteiger partial charge in [-0.3, -0.25) is 0 Å². The molecule has 5 heteroatoms. The van der Waals surface area contributed by atoms with Crippen LogP contribution in [0, 0.1) is 0 Å². The van der Waals surface area contributed by atoms with Crippen LogP contribution in [0.4, 0.5) is 0 Å². The third kappa shape index (κ3) is 3.26. The molecule has 0 atom stereocenters. The van der Waals surface area contributed by atoms with E-state index in [2.05, 4.69) is 51.2 Å². The fourth-order valence-electron chi connectivity index (χ4n) is 3.37. The average Bonchev–Trinajstić information content (AvgIpc) is 2.99. The van der Waals surface area contributed by atoms with E-state index in [-0.39, 0.29) is 0 Å². The van der Waals surface area contributed by atoms with Crippen LogP contribution in [0.1, 0.15) is 18.4 Å². The van der Waals surface area contributed by atoms with Gasteiger partial charge in [0.05, 0.1) is 0 Å². The van der Waals surface area contributed by atoms with Crippen molar-refractivity contribution in [3.8, 4) is 22.8 Å². The number of nitrogens with two attached hydrogens (primary N) is 1. The number of hydrogen-bond acceptors (Lipinski definition) is 3. The Hall–Kier alpha value is -1.98. The Balaban J connectivity index is 1.81. The van der Waals surface area contributed by atoms with Gasteiger partial charge in [0.15, 0.2) is 11.5 Å². The van der Waals surface area contributed by atoms with Gasteiger partial charge in [0, 0.05) is 26.6 Å². The molecule has 1 aliphatic rings. The molecule has 3 aromatic rings. The summed E-state index contributed by atoms with van der Waals surface area (Å²) in [7, 11) is 0. The third-order valence-corrected chi connectivity index (χ3v) is 5.07. The summed E-state index contributed by atoms with van der Waals surface area (Å²) in [5.74, 6) is 1.63. The molecule has 2 heterocycles. The van der Waals surface area contributed by atoms with Gasteiger partial charge in [-0.2, -0.15) is 0 Å². The first-order valence-corrected chi connectivity index (χ1v) is 9.46. The molecule has 0 unspecified atom stereocenters. The van der Waals surface area contributed by atoms with E-state index < -0.39 is 0 Å². The van der Waals surface area contributed by atoms with Crippen molar-refractivity contribution in [2.45, 2.75) is 19.3 Å². The van der Waals surface area contributed by atoms with Gasteiger partial charge in [-0.15, -0.1) is 0 Å². The zero-order chi connectivity index (χ0) is 17.2. The van der Waals surface area contributed by atoms with Crippen LogP contribution in [0.25, 0.3) is 22.2 Å². The average molecular weight is 401 g/mol. The molecule has 0 fully saturated rings. The van der Waals surface area contributed by atoms with E-state index in [1.54, 1.807) is 0 Å². The fraction of sp³-hybridized carbons (Fsp3) is 0.300. The summed E-state index contributed by atoms with van der Waals surface area (Å²) in [6.07, 6.45) is 3.10. The maximum absolute atomic E-state index is 5.75. The molecule has 25 heavy (non-hydrogen) atoms. The van der Waals surface area contributed by atoms with Crippen molar-refractivity contribution < 1.29 is 9.47 Å². The number of H-pyrrole nitrogens is 1. The van der Waals surface area contributed by atoms with Gasteiger partial charge < -0.3 is 20.2 Å². The number of halogens is 1. The summed E-state index contributed by atoms with van der Waals surface area (Å²) < 4.78 is 12.5. The first-order valence-electron chi connectivity index (χ1n) is 8.66. The smallest absolute Gasteiger partial charge is 0.162 e. The predicted octanol–water partition coefficient (Wildman–Crippen LogP) is 4.65. The molecule has 0 spiro atoms. The second-order valence-electron chi connectivity index (χ2n) is 6.27. The number of aryl methyl sites for hydroxylation is 1. The number of fused-ring (bicyclic) bond motifs is 2. The number of ether oxygens (including phenoxy) is 2. The monoisotopic (exact) mass is 400 g/mol. The van der Waals surface area contributed by atoms with E-state index >= 15 is 0 Å². The minimum Gasteiger partial charge on any atom is -0.486 e. The van der Waals surface area contributed by atoms with Crippen LogP contribution in [-0.4, -0.2) is 24.7 Å². The molecule has 1 aliphatic heterocycles. The van der Waals surface area contributed by atoms with Crippen LogP contribution in [0.5, 0.6) is 11.5 Å². The number of nitrogens with one attached hydrogen (secondary N) is 1. The largest absolute Gasteiger partial charge is 0.486 e. The summed E-state index contributed by atoms with van der Waals surface area (Å²) in [4.78, 5) is 3.59. The second kappa shape index (κ2) is 7.10. The Labute approximate surface area is 155 Å².